The van der Waals surface area contributed by atoms with Crippen molar-refractivity contribution in [1.82, 2.24) is 14.7 Å². The van der Waals surface area contributed by atoms with E-state index in [-0.39, 0.29) is 0 Å². The van der Waals surface area contributed by atoms with Crippen molar-refractivity contribution in [3.05, 3.63) is 53.1 Å². The largest absolute Gasteiger partial charge is 0.493 e. The van der Waals surface area contributed by atoms with Gasteiger partial charge in [0.05, 0.1) is 84.0 Å². The fourth-order valence-electron chi connectivity index (χ4n) is 6.11. The molecule has 1 fully saturated rings. The quantitative estimate of drug-likeness (QED) is 0.190. The second-order valence-electron chi connectivity index (χ2n) is 11.5. The average molecular weight is 670 g/mol. The van der Waals surface area contributed by atoms with Crippen LogP contribution in [0.5, 0.6) is 51.7 Å². The number of nitrogens with zero attached hydrogens (tertiary/aromatic N) is 3. The van der Waals surface area contributed by atoms with E-state index in [1.807, 2.05) is 36.4 Å². The number of benzene rings is 3. The van der Waals surface area contributed by atoms with E-state index in [2.05, 4.69) is 14.7 Å². The first-order chi connectivity index (χ1) is 23.3. The number of methoxy groups -OCH3 is 9. The van der Waals surface area contributed by atoms with Gasteiger partial charge in [-0.25, -0.2) is 0 Å². The van der Waals surface area contributed by atoms with Gasteiger partial charge in [-0.15, -0.1) is 0 Å². The molecule has 12 heteroatoms. The zero-order chi connectivity index (χ0) is 34.6. The fraction of sp³-hybridized carbons (Fsp3) is 0.500. The van der Waals surface area contributed by atoms with E-state index in [0.29, 0.717) is 51.7 Å². The molecule has 0 spiro atoms. The van der Waals surface area contributed by atoms with Crippen LogP contribution < -0.4 is 42.6 Å². The standard InChI is InChI=1S/C36H51N3O9/c1-40-28-16-25(17-29(41-2)34(28)46-7)10-13-37-22-38(14-11-26-18-30(42-3)35(47-8)31(19-26)43-4)24-39(23-37)15-12-27-20-32(44-5)36(48-9)33(21-27)45-6/h16-21H,10-15,22-24H2,1-9H3. The zero-order valence-electron chi connectivity index (χ0n) is 29.8. The molecule has 0 unspecified atom stereocenters. The van der Waals surface area contributed by atoms with E-state index in [1.165, 1.54) is 0 Å². The van der Waals surface area contributed by atoms with Crippen molar-refractivity contribution < 1.29 is 42.6 Å². The molecular formula is C36H51N3O9. The Labute approximate surface area is 284 Å². The Morgan fingerprint density at radius 2 is 0.562 bits per heavy atom. The predicted molar refractivity (Wildman–Crippen MR) is 184 cm³/mol. The highest BCUT2D eigenvalue weighted by Gasteiger charge is 2.25. The van der Waals surface area contributed by atoms with E-state index in [0.717, 1.165) is 75.6 Å². The van der Waals surface area contributed by atoms with Gasteiger partial charge in [0, 0.05) is 19.6 Å². The highest BCUT2D eigenvalue weighted by atomic mass is 16.5. The summed E-state index contributed by atoms with van der Waals surface area (Å²) < 4.78 is 50.2. The molecule has 0 saturated carbocycles. The first kappa shape index (κ1) is 36.6. The molecule has 0 aliphatic carbocycles. The molecule has 1 aliphatic heterocycles. The van der Waals surface area contributed by atoms with Gasteiger partial charge in [-0.05, 0) is 72.4 Å². The minimum atomic E-state index is 0.595. The summed E-state index contributed by atoms with van der Waals surface area (Å²) in [6, 6.07) is 12.1. The number of ether oxygens (including phenoxy) is 9. The molecule has 1 aliphatic rings. The summed E-state index contributed by atoms with van der Waals surface area (Å²) in [5, 5.41) is 0. The van der Waals surface area contributed by atoms with Crippen molar-refractivity contribution in [1.29, 1.82) is 0 Å². The Morgan fingerprint density at radius 1 is 0.354 bits per heavy atom. The summed E-state index contributed by atoms with van der Waals surface area (Å²) in [6.45, 7) is 5.03. The first-order valence-corrected chi connectivity index (χ1v) is 15.9. The summed E-state index contributed by atoms with van der Waals surface area (Å²) in [6.07, 6.45) is 2.45. The minimum Gasteiger partial charge on any atom is -0.493 e. The van der Waals surface area contributed by atoms with Crippen LogP contribution in [0.25, 0.3) is 0 Å². The van der Waals surface area contributed by atoms with Gasteiger partial charge < -0.3 is 42.6 Å². The molecule has 1 saturated heterocycles. The van der Waals surface area contributed by atoms with Crippen LogP contribution in [-0.2, 0) is 19.3 Å². The smallest absolute Gasteiger partial charge is 0.203 e. The van der Waals surface area contributed by atoms with E-state index in [9.17, 15) is 0 Å². The van der Waals surface area contributed by atoms with Gasteiger partial charge in [0.1, 0.15) is 0 Å². The van der Waals surface area contributed by atoms with Crippen LogP contribution in [0.4, 0.5) is 0 Å². The zero-order valence-corrected chi connectivity index (χ0v) is 29.8. The molecule has 0 aromatic heterocycles. The second kappa shape index (κ2) is 17.8. The molecule has 1 heterocycles. The molecule has 0 radical (unpaired) electrons. The monoisotopic (exact) mass is 669 g/mol. The van der Waals surface area contributed by atoms with Crippen molar-refractivity contribution in [2.24, 2.45) is 0 Å². The van der Waals surface area contributed by atoms with Crippen LogP contribution in [0.3, 0.4) is 0 Å². The minimum absolute atomic E-state index is 0.595. The Hall–Kier alpha value is -4.26. The van der Waals surface area contributed by atoms with Crippen molar-refractivity contribution in [3.63, 3.8) is 0 Å². The van der Waals surface area contributed by atoms with Crippen molar-refractivity contribution in [2.45, 2.75) is 19.3 Å². The van der Waals surface area contributed by atoms with Gasteiger partial charge in [-0.1, -0.05) is 0 Å². The number of hydrogen-bond donors (Lipinski definition) is 0. The van der Waals surface area contributed by atoms with Gasteiger partial charge in [-0.3, -0.25) is 14.7 Å². The lowest BCUT2D eigenvalue weighted by molar-refractivity contribution is -0.0276. The summed E-state index contributed by atoms with van der Waals surface area (Å²) in [5.41, 5.74) is 3.34. The topological polar surface area (TPSA) is 92.8 Å². The third-order valence-electron chi connectivity index (χ3n) is 8.52. The highest BCUT2D eigenvalue weighted by Crippen LogP contribution is 2.40. The van der Waals surface area contributed by atoms with E-state index in [4.69, 9.17) is 42.6 Å². The van der Waals surface area contributed by atoms with E-state index >= 15 is 0 Å². The lowest BCUT2D eigenvalue weighted by Crippen LogP contribution is -2.55. The Morgan fingerprint density at radius 3 is 0.729 bits per heavy atom. The summed E-state index contributed by atoms with van der Waals surface area (Å²) in [5.74, 6) is 5.73. The average Bonchev–Trinajstić information content (AvgIpc) is 3.13. The van der Waals surface area contributed by atoms with Crippen LogP contribution >= 0.6 is 0 Å². The molecule has 48 heavy (non-hydrogen) atoms. The third-order valence-corrected chi connectivity index (χ3v) is 8.52. The summed E-state index contributed by atoms with van der Waals surface area (Å²) >= 11 is 0. The molecule has 0 atom stereocenters. The van der Waals surface area contributed by atoms with Gasteiger partial charge in [0.25, 0.3) is 0 Å². The molecular weight excluding hydrogens is 618 g/mol. The Balaban J connectivity index is 1.52. The lowest BCUT2D eigenvalue weighted by Gasteiger charge is -2.42. The molecule has 0 N–H and O–H groups in total. The molecule has 12 nitrogen and oxygen atoms in total. The SMILES string of the molecule is COc1cc(CCN2CN(CCc3cc(OC)c(OC)c(OC)c3)CN(CCc3cc(OC)c(OC)c(OC)c3)C2)cc(OC)c1OC. The van der Waals surface area contributed by atoms with E-state index < -0.39 is 0 Å². The molecule has 0 bridgehead atoms. The van der Waals surface area contributed by atoms with Gasteiger partial charge in [-0.2, -0.15) is 0 Å². The van der Waals surface area contributed by atoms with Crippen molar-refractivity contribution in [3.8, 4) is 51.7 Å². The number of rotatable bonds is 18. The molecule has 0 amide bonds. The summed E-state index contributed by atoms with van der Waals surface area (Å²) in [4.78, 5) is 7.41. The summed E-state index contributed by atoms with van der Waals surface area (Å²) in [7, 11) is 14.7. The van der Waals surface area contributed by atoms with Crippen LogP contribution in [0, 0.1) is 0 Å². The molecule has 3 aromatic carbocycles. The fourth-order valence-corrected chi connectivity index (χ4v) is 6.11. The Bertz CT molecular complexity index is 1230. The van der Waals surface area contributed by atoms with Gasteiger partial charge in [0.2, 0.25) is 17.2 Å². The number of hydrogen-bond acceptors (Lipinski definition) is 12. The van der Waals surface area contributed by atoms with Gasteiger partial charge in [0.15, 0.2) is 34.5 Å². The van der Waals surface area contributed by atoms with Crippen molar-refractivity contribution >= 4 is 0 Å². The highest BCUT2D eigenvalue weighted by molar-refractivity contribution is 5.55. The Kier molecular flexibility index (Phi) is 13.5. The van der Waals surface area contributed by atoms with E-state index in [1.54, 1.807) is 64.0 Å². The molecule has 4 rings (SSSR count). The maximum Gasteiger partial charge on any atom is 0.203 e. The first-order valence-electron chi connectivity index (χ1n) is 15.9. The maximum absolute atomic E-state index is 5.60. The lowest BCUT2D eigenvalue weighted by atomic mass is 10.1. The normalized spacial score (nSPS) is 13.9. The van der Waals surface area contributed by atoms with Crippen LogP contribution in [-0.4, -0.2) is 118 Å². The van der Waals surface area contributed by atoms with Crippen LogP contribution in [0.1, 0.15) is 16.7 Å². The second-order valence-corrected chi connectivity index (χ2v) is 11.5. The third kappa shape index (κ3) is 8.80. The van der Waals surface area contributed by atoms with Crippen LogP contribution in [0.15, 0.2) is 36.4 Å². The maximum atomic E-state index is 5.60. The van der Waals surface area contributed by atoms with Crippen molar-refractivity contribution in [2.75, 3.05) is 104 Å². The molecule has 3 aromatic rings. The van der Waals surface area contributed by atoms with Gasteiger partial charge >= 0.3 is 0 Å². The predicted octanol–water partition coefficient (Wildman–Crippen LogP) is 4.58. The molecule has 264 valence electrons. The van der Waals surface area contributed by atoms with Crippen LogP contribution in [0.2, 0.25) is 0 Å².